The minimum atomic E-state index is -0.318. The highest BCUT2D eigenvalue weighted by Crippen LogP contribution is 2.10. The number of rotatable bonds is 2. The highest BCUT2D eigenvalue weighted by Gasteiger charge is 2.14. The van der Waals surface area contributed by atoms with Gasteiger partial charge in [-0.3, -0.25) is 0 Å². The maximum atomic E-state index is 8.76. The van der Waals surface area contributed by atoms with E-state index in [-0.39, 0.29) is 17.4 Å². The van der Waals surface area contributed by atoms with Crippen LogP contribution >= 0.6 is 0 Å². The van der Waals surface area contributed by atoms with Crippen molar-refractivity contribution in [3.63, 3.8) is 0 Å². The van der Waals surface area contributed by atoms with Crippen molar-refractivity contribution in [3.8, 4) is 0 Å². The molecule has 1 aromatic carbocycles. The molecule has 7 heteroatoms. The molecule has 5 N–H and O–H groups in total. The van der Waals surface area contributed by atoms with Gasteiger partial charge in [-0.1, -0.05) is 22.4 Å². The van der Waals surface area contributed by atoms with E-state index in [2.05, 4.69) is 20.3 Å². The summed E-state index contributed by atoms with van der Waals surface area (Å²) in [4.78, 5) is 7.02. The number of nitrogens with zero attached hydrogens (tertiary/aromatic N) is 3. The van der Waals surface area contributed by atoms with Gasteiger partial charge < -0.3 is 21.1 Å². The standard InChI is InChI=1S/C9H9N5O2/c10-8(14-16)7(13-15)9-11-5-3-1-2-4-6(5)12-9/h1-4,15-16H,(H2,10,14)(H,11,12). The number of imidazole rings is 1. The topological polar surface area (TPSA) is 120 Å². The molecule has 2 rings (SSSR count). The fraction of sp³-hybridized carbons (Fsp3) is 0. The van der Waals surface area contributed by atoms with Gasteiger partial charge in [0.25, 0.3) is 0 Å². The van der Waals surface area contributed by atoms with Crippen molar-refractivity contribution in [2.75, 3.05) is 0 Å². The van der Waals surface area contributed by atoms with Crippen LogP contribution in [0.3, 0.4) is 0 Å². The fourth-order valence-corrected chi connectivity index (χ4v) is 1.33. The van der Waals surface area contributed by atoms with Gasteiger partial charge in [0, 0.05) is 0 Å². The molecule has 0 bridgehead atoms. The van der Waals surface area contributed by atoms with Crippen molar-refractivity contribution in [2.45, 2.75) is 0 Å². The zero-order chi connectivity index (χ0) is 11.5. The normalized spacial score (nSPS) is 13.2. The minimum absolute atomic E-state index is 0.112. The quantitative estimate of drug-likeness (QED) is 0.254. The number of nitrogens with two attached hydrogens (primary N) is 1. The van der Waals surface area contributed by atoms with E-state index in [0.717, 1.165) is 5.52 Å². The van der Waals surface area contributed by atoms with E-state index in [0.29, 0.717) is 5.52 Å². The average Bonchev–Trinajstić information content (AvgIpc) is 2.72. The Morgan fingerprint density at radius 1 is 1.25 bits per heavy atom. The third kappa shape index (κ3) is 1.54. The first-order valence-corrected chi connectivity index (χ1v) is 4.41. The molecular weight excluding hydrogens is 210 g/mol. The third-order valence-corrected chi connectivity index (χ3v) is 2.06. The predicted molar refractivity (Wildman–Crippen MR) is 57.8 cm³/mol. The molecule has 0 aliphatic carbocycles. The smallest absolute Gasteiger partial charge is 0.196 e. The van der Waals surface area contributed by atoms with E-state index in [1.54, 1.807) is 6.07 Å². The van der Waals surface area contributed by atoms with Crippen LogP contribution in [0, 0.1) is 0 Å². The zero-order valence-corrected chi connectivity index (χ0v) is 8.12. The van der Waals surface area contributed by atoms with Gasteiger partial charge in [0.05, 0.1) is 11.0 Å². The number of aromatic nitrogens is 2. The van der Waals surface area contributed by atoms with Crippen molar-refractivity contribution in [2.24, 2.45) is 16.0 Å². The molecule has 0 unspecified atom stereocenters. The number of hydrogen-bond donors (Lipinski definition) is 4. The molecule has 1 aromatic heterocycles. The predicted octanol–water partition coefficient (Wildman–Crippen LogP) is 0.488. The van der Waals surface area contributed by atoms with Crippen molar-refractivity contribution in [1.29, 1.82) is 0 Å². The van der Waals surface area contributed by atoms with Gasteiger partial charge in [-0.15, -0.1) is 0 Å². The Morgan fingerprint density at radius 2 is 2.00 bits per heavy atom. The molecule has 1 heterocycles. The molecule has 0 saturated carbocycles. The van der Waals surface area contributed by atoms with Crippen LogP contribution in [0.5, 0.6) is 0 Å². The summed E-state index contributed by atoms with van der Waals surface area (Å²) in [5, 5.41) is 22.9. The van der Waals surface area contributed by atoms with Crippen molar-refractivity contribution >= 4 is 22.6 Å². The lowest BCUT2D eigenvalue weighted by atomic mass is 10.3. The first kappa shape index (κ1) is 9.97. The van der Waals surface area contributed by atoms with Crippen molar-refractivity contribution < 1.29 is 10.4 Å². The SMILES string of the molecule is N/C(=N\O)C(=NO)c1nc2ccccc2[nH]1. The van der Waals surface area contributed by atoms with Gasteiger partial charge in [0.1, 0.15) is 0 Å². The van der Waals surface area contributed by atoms with Crippen LogP contribution in [0.15, 0.2) is 34.6 Å². The van der Waals surface area contributed by atoms with E-state index in [4.69, 9.17) is 16.1 Å². The molecule has 82 valence electrons. The second-order valence-corrected chi connectivity index (χ2v) is 3.04. The Hall–Kier alpha value is -2.57. The Bertz CT molecular complexity index is 539. The maximum Gasteiger partial charge on any atom is 0.196 e. The molecular formula is C9H9N5O2. The van der Waals surface area contributed by atoms with E-state index in [1.165, 1.54) is 0 Å². The summed E-state index contributed by atoms with van der Waals surface area (Å²) in [6.07, 6.45) is 0. The number of nitrogens with one attached hydrogen (secondary N) is 1. The van der Waals surface area contributed by atoms with Gasteiger partial charge in [0.15, 0.2) is 17.4 Å². The molecule has 0 aliphatic heterocycles. The van der Waals surface area contributed by atoms with E-state index in [1.807, 2.05) is 18.2 Å². The fourth-order valence-electron chi connectivity index (χ4n) is 1.33. The summed E-state index contributed by atoms with van der Waals surface area (Å²) in [5.41, 5.74) is 6.68. The highest BCUT2D eigenvalue weighted by molar-refractivity contribution is 6.46. The zero-order valence-electron chi connectivity index (χ0n) is 8.12. The number of benzene rings is 1. The van der Waals surface area contributed by atoms with Crippen LogP contribution in [0.2, 0.25) is 0 Å². The lowest BCUT2D eigenvalue weighted by molar-refractivity contribution is 0.313. The van der Waals surface area contributed by atoms with Crippen LogP contribution < -0.4 is 5.73 Å². The number of amidine groups is 1. The lowest BCUT2D eigenvalue weighted by Gasteiger charge is -1.96. The first-order chi connectivity index (χ1) is 7.76. The van der Waals surface area contributed by atoms with Gasteiger partial charge in [0.2, 0.25) is 0 Å². The molecule has 16 heavy (non-hydrogen) atoms. The summed E-state index contributed by atoms with van der Waals surface area (Å²) >= 11 is 0. The number of fused-ring (bicyclic) bond motifs is 1. The Balaban J connectivity index is 2.55. The van der Waals surface area contributed by atoms with E-state index in [9.17, 15) is 0 Å². The van der Waals surface area contributed by atoms with Crippen molar-refractivity contribution in [3.05, 3.63) is 30.1 Å². The van der Waals surface area contributed by atoms with Crippen LogP contribution in [0.4, 0.5) is 0 Å². The number of aromatic amines is 1. The molecule has 0 atom stereocenters. The molecule has 0 amide bonds. The third-order valence-electron chi connectivity index (χ3n) is 2.06. The Kier molecular flexibility index (Phi) is 2.42. The van der Waals surface area contributed by atoms with E-state index >= 15 is 0 Å². The Morgan fingerprint density at radius 3 is 2.62 bits per heavy atom. The molecule has 0 saturated heterocycles. The largest absolute Gasteiger partial charge is 0.410 e. The number of oxime groups is 2. The second kappa shape index (κ2) is 3.89. The molecule has 0 radical (unpaired) electrons. The van der Waals surface area contributed by atoms with Gasteiger partial charge in [-0.05, 0) is 12.1 Å². The minimum Gasteiger partial charge on any atom is -0.410 e. The highest BCUT2D eigenvalue weighted by atomic mass is 16.4. The summed E-state index contributed by atoms with van der Waals surface area (Å²) in [7, 11) is 0. The van der Waals surface area contributed by atoms with Crippen LogP contribution in [-0.2, 0) is 0 Å². The molecule has 0 aliphatic rings. The summed E-state index contributed by atoms with van der Waals surface area (Å²) in [6, 6.07) is 7.26. The van der Waals surface area contributed by atoms with Crippen LogP contribution in [0.1, 0.15) is 5.82 Å². The maximum absolute atomic E-state index is 8.76. The second-order valence-electron chi connectivity index (χ2n) is 3.04. The summed E-state index contributed by atoms with van der Waals surface area (Å²) in [5.74, 6) is -0.0828. The number of para-hydroxylation sites is 2. The van der Waals surface area contributed by atoms with Gasteiger partial charge in [-0.25, -0.2) is 4.98 Å². The summed E-state index contributed by atoms with van der Waals surface area (Å²) in [6.45, 7) is 0. The van der Waals surface area contributed by atoms with Gasteiger partial charge >= 0.3 is 0 Å². The monoisotopic (exact) mass is 219 g/mol. The lowest BCUT2D eigenvalue weighted by Crippen LogP contribution is -2.25. The average molecular weight is 219 g/mol. The van der Waals surface area contributed by atoms with Crippen LogP contribution in [0.25, 0.3) is 11.0 Å². The van der Waals surface area contributed by atoms with Gasteiger partial charge in [-0.2, -0.15) is 0 Å². The first-order valence-electron chi connectivity index (χ1n) is 4.41. The van der Waals surface area contributed by atoms with Crippen LogP contribution in [-0.4, -0.2) is 31.9 Å². The molecule has 0 fully saturated rings. The molecule has 0 spiro atoms. The number of H-pyrrole nitrogens is 1. The van der Waals surface area contributed by atoms with E-state index < -0.39 is 0 Å². The molecule has 7 nitrogen and oxygen atoms in total. The Labute approximate surface area is 89.9 Å². The molecule has 2 aromatic rings. The summed E-state index contributed by atoms with van der Waals surface area (Å²) < 4.78 is 0. The van der Waals surface area contributed by atoms with Crippen molar-refractivity contribution in [1.82, 2.24) is 9.97 Å². The number of hydrogen-bond acceptors (Lipinski definition) is 5.